The van der Waals surface area contributed by atoms with E-state index < -0.39 is 0 Å². The molecule has 102 valence electrons. The van der Waals surface area contributed by atoms with Crippen LogP contribution in [0.5, 0.6) is 0 Å². The molecule has 0 fully saturated rings. The minimum atomic E-state index is -0.267. The van der Waals surface area contributed by atoms with E-state index in [0.29, 0.717) is 6.42 Å². The fourth-order valence-corrected chi connectivity index (χ4v) is 2.15. The van der Waals surface area contributed by atoms with Gasteiger partial charge < -0.3 is 14.6 Å². The number of nitrogens with zero attached hydrogens (tertiary/aromatic N) is 2. The molecule has 5 heteroatoms. The van der Waals surface area contributed by atoms with Gasteiger partial charge in [-0.25, -0.2) is 4.98 Å². The van der Waals surface area contributed by atoms with Gasteiger partial charge in [0.1, 0.15) is 6.04 Å². The SMILES string of the molecule is CCNC(CCn1cnc2ccccc21)C(=O)OC. The van der Waals surface area contributed by atoms with Gasteiger partial charge in [0.15, 0.2) is 0 Å². The molecule has 2 aromatic rings. The molecule has 19 heavy (non-hydrogen) atoms. The van der Waals surface area contributed by atoms with E-state index in [1.165, 1.54) is 7.11 Å². The van der Waals surface area contributed by atoms with Crippen molar-refractivity contribution in [3.63, 3.8) is 0 Å². The normalized spacial score (nSPS) is 12.5. The van der Waals surface area contributed by atoms with Crippen molar-refractivity contribution in [1.29, 1.82) is 0 Å². The first-order valence-electron chi connectivity index (χ1n) is 6.47. The Hall–Kier alpha value is -1.88. The molecule has 0 amide bonds. The molecule has 2 rings (SSSR count). The molecular weight excluding hydrogens is 242 g/mol. The largest absolute Gasteiger partial charge is 0.468 e. The van der Waals surface area contributed by atoms with Gasteiger partial charge in [-0.05, 0) is 25.1 Å². The van der Waals surface area contributed by atoms with Crippen molar-refractivity contribution < 1.29 is 9.53 Å². The van der Waals surface area contributed by atoms with Crippen molar-refractivity contribution in [1.82, 2.24) is 14.9 Å². The van der Waals surface area contributed by atoms with Gasteiger partial charge in [0.25, 0.3) is 0 Å². The molecular formula is C14H19N3O2. The number of methoxy groups -OCH3 is 1. The van der Waals surface area contributed by atoms with Crippen molar-refractivity contribution in [2.75, 3.05) is 13.7 Å². The first kappa shape index (κ1) is 13.5. The third-order valence-corrected chi connectivity index (χ3v) is 3.12. The standard InChI is InChI=1S/C14H19N3O2/c1-3-15-12(14(18)19-2)8-9-17-10-16-11-6-4-5-7-13(11)17/h4-7,10,12,15H,3,8-9H2,1-2H3. The Morgan fingerprint density at radius 3 is 3.00 bits per heavy atom. The number of carbonyl (C=O) groups is 1. The van der Waals surface area contributed by atoms with Crippen LogP contribution < -0.4 is 5.32 Å². The summed E-state index contributed by atoms with van der Waals surface area (Å²) in [5.41, 5.74) is 2.06. The Morgan fingerprint density at radius 1 is 1.47 bits per heavy atom. The number of hydrogen-bond acceptors (Lipinski definition) is 4. The summed E-state index contributed by atoms with van der Waals surface area (Å²) in [4.78, 5) is 15.9. The van der Waals surface area contributed by atoms with Gasteiger partial charge in [0, 0.05) is 6.54 Å². The van der Waals surface area contributed by atoms with E-state index >= 15 is 0 Å². The summed E-state index contributed by atoms with van der Waals surface area (Å²) in [6, 6.07) is 7.70. The number of imidazole rings is 1. The molecule has 0 aliphatic carbocycles. The Morgan fingerprint density at radius 2 is 2.26 bits per heavy atom. The second kappa shape index (κ2) is 6.33. The lowest BCUT2D eigenvalue weighted by Gasteiger charge is -2.15. The van der Waals surface area contributed by atoms with E-state index in [1.54, 1.807) is 0 Å². The van der Waals surface area contributed by atoms with Crippen LogP contribution in [0.1, 0.15) is 13.3 Å². The molecule has 1 N–H and O–H groups in total. The zero-order valence-electron chi connectivity index (χ0n) is 11.3. The molecule has 0 saturated carbocycles. The maximum atomic E-state index is 11.6. The van der Waals surface area contributed by atoms with Crippen molar-refractivity contribution in [2.24, 2.45) is 0 Å². The highest BCUT2D eigenvalue weighted by atomic mass is 16.5. The lowest BCUT2D eigenvalue weighted by Crippen LogP contribution is -2.38. The number of aryl methyl sites for hydroxylation is 1. The molecule has 1 unspecified atom stereocenters. The van der Waals surface area contributed by atoms with Crippen molar-refractivity contribution in [3.8, 4) is 0 Å². The average Bonchev–Trinajstić information content (AvgIpc) is 2.86. The summed E-state index contributed by atoms with van der Waals surface area (Å²) in [5, 5.41) is 3.14. The maximum absolute atomic E-state index is 11.6. The number of carbonyl (C=O) groups excluding carboxylic acids is 1. The number of esters is 1. The first-order valence-corrected chi connectivity index (χ1v) is 6.47. The molecule has 0 saturated heterocycles. The Bertz CT molecular complexity index is 550. The van der Waals surface area contributed by atoms with Crippen LogP contribution in [0, 0.1) is 0 Å². The van der Waals surface area contributed by atoms with Crippen LogP contribution in [-0.4, -0.2) is 35.2 Å². The van der Waals surface area contributed by atoms with Crippen LogP contribution in [0.25, 0.3) is 11.0 Å². The van der Waals surface area contributed by atoms with Gasteiger partial charge in [-0.1, -0.05) is 19.1 Å². The van der Waals surface area contributed by atoms with Crippen LogP contribution in [-0.2, 0) is 16.1 Å². The van der Waals surface area contributed by atoms with E-state index in [9.17, 15) is 4.79 Å². The number of likely N-dealkylation sites (N-methyl/N-ethyl adjacent to an activating group) is 1. The van der Waals surface area contributed by atoms with E-state index in [0.717, 1.165) is 24.1 Å². The van der Waals surface area contributed by atoms with Gasteiger partial charge in [0.2, 0.25) is 0 Å². The van der Waals surface area contributed by atoms with Crippen LogP contribution in [0.4, 0.5) is 0 Å². The van der Waals surface area contributed by atoms with Crippen LogP contribution >= 0.6 is 0 Å². The molecule has 1 atom stereocenters. The highest BCUT2D eigenvalue weighted by molar-refractivity contribution is 5.76. The Labute approximate surface area is 112 Å². The summed E-state index contributed by atoms with van der Waals surface area (Å²) in [6.45, 7) is 3.44. The lowest BCUT2D eigenvalue weighted by atomic mass is 10.2. The summed E-state index contributed by atoms with van der Waals surface area (Å²) in [6.07, 6.45) is 2.49. The number of ether oxygens (including phenoxy) is 1. The number of rotatable bonds is 6. The fourth-order valence-electron chi connectivity index (χ4n) is 2.15. The number of benzene rings is 1. The summed E-state index contributed by atoms with van der Waals surface area (Å²) in [7, 11) is 1.42. The zero-order chi connectivity index (χ0) is 13.7. The second-order valence-electron chi connectivity index (χ2n) is 4.35. The van der Waals surface area contributed by atoms with Gasteiger partial charge in [-0.3, -0.25) is 4.79 Å². The number of nitrogens with one attached hydrogen (secondary N) is 1. The predicted octanol–water partition coefficient (Wildman–Crippen LogP) is 1.58. The smallest absolute Gasteiger partial charge is 0.322 e. The maximum Gasteiger partial charge on any atom is 0.322 e. The minimum Gasteiger partial charge on any atom is -0.468 e. The monoisotopic (exact) mass is 261 g/mol. The minimum absolute atomic E-state index is 0.216. The fraction of sp³-hybridized carbons (Fsp3) is 0.429. The van der Waals surface area contributed by atoms with Crippen LogP contribution in [0.3, 0.4) is 0 Å². The second-order valence-corrected chi connectivity index (χ2v) is 4.35. The molecule has 1 heterocycles. The van der Waals surface area contributed by atoms with Crippen LogP contribution in [0.2, 0.25) is 0 Å². The number of aromatic nitrogens is 2. The summed E-state index contributed by atoms with van der Waals surface area (Å²) < 4.78 is 6.85. The van der Waals surface area contributed by atoms with Gasteiger partial charge in [0.05, 0.1) is 24.5 Å². The third kappa shape index (κ3) is 3.12. The number of hydrogen-bond donors (Lipinski definition) is 1. The third-order valence-electron chi connectivity index (χ3n) is 3.12. The summed E-state index contributed by atoms with van der Waals surface area (Å²) >= 11 is 0. The molecule has 1 aromatic carbocycles. The Balaban J connectivity index is 2.06. The molecule has 0 radical (unpaired) electrons. The van der Waals surface area contributed by atoms with E-state index in [2.05, 4.69) is 14.9 Å². The number of fused-ring (bicyclic) bond motifs is 1. The molecule has 5 nitrogen and oxygen atoms in total. The highest BCUT2D eigenvalue weighted by Gasteiger charge is 2.17. The first-order chi connectivity index (χ1) is 9.26. The van der Waals surface area contributed by atoms with Crippen molar-refractivity contribution >= 4 is 17.0 Å². The van der Waals surface area contributed by atoms with Gasteiger partial charge in [-0.2, -0.15) is 0 Å². The molecule has 0 aliphatic rings. The molecule has 0 aliphatic heterocycles. The lowest BCUT2D eigenvalue weighted by molar-refractivity contribution is -0.143. The molecule has 1 aromatic heterocycles. The predicted molar refractivity (Wildman–Crippen MR) is 73.8 cm³/mol. The average molecular weight is 261 g/mol. The quantitative estimate of drug-likeness (QED) is 0.802. The van der Waals surface area contributed by atoms with E-state index in [-0.39, 0.29) is 12.0 Å². The topological polar surface area (TPSA) is 56.2 Å². The van der Waals surface area contributed by atoms with E-state index in [1.807, 2.05) is 37.5 Å². The molecule has 0 bridgehead atoms. The zero-order valence-corrected chi connectivity index (χ0v) is 11.3. The van der Waals surface area contributed by atoms with Crippen LogP contribution in [0.15, 0.2) is 30.6 Å². The van der Waals surface area contributed by atoms with Crippen molar-refractivity contribution in [2.45, 2.75) is 25.9 Å². The van der Waals surface area contributed by atoms with Gasteiger partial charge in [-0.15, -0.1) is 0 Å². The van der Waals surface area contributed by atoms with Gasteiger partial charge >= 0.3 is 5.97 Å². The summed E-state index contributed by atoms with van der Waals surface area (Å²) in [5.74, 6) is -0.216. The molecule has 0 spiro atoms. The highest BCUT2D eigenvalue weighted by Crippen LogP contribution is 2.12. The van der Waals surface area contributed by atoms with E-state index in [4.69, 9.17) is 4.74 Å². The number of para-hydroxylation sites is 2. The van der Waals surface area contributed by atoms with Crippen molar-refractivity contribution in [3.05, 3.63) is 30.6 Å². The Kier molecular flexibility index (Phi) is 4.52.